The largest absolute Gasteiger partial charge is 0.356 e. The van der Waals surface area contributed by atoms with E-state index in [-0.39, 0.29) is 5.56 Å². The first-order valence-electron chi connectivity index (χ1n) is 6.52. The lowest BCUT2D eigenvalue weighted by atomic mass is 9.96. The quantitative estimate of drug-likeness (QED) is 0.864. The van der Waals surface area contributed by atoms with Gasteiger partial charge in [-0.25, -0.2) is 4.98 Å². The summed E-state index contributed by atoms with van der Waals surface area (Å²) >= 11 is 0. The van der Waals surface area contributed by atoms with Crippen LogP contribution < -0.4 is 10.5 Å². The molecule has 0 aromatic carbocycles. The van der Waals surface area contributed by atoms with Crippen LogP contribution in [0.2, 0.25) is 0 Å². The van der Waals surface area contributed by atoms with Crippen LogP contribution in [0.1, 0.15) is 18.7 Å². The SMILES string of the molecule is Cc1nc(N2CCC(CN(C)C)CC2)cc(=O)[nH]1. The third-order valence-corrected chi connectivity index (χ3v) is 3.41. The van der Waals surface area contributed by atoms with Crippen LogP contribution in [0.5, 0.6) is 0 Å². The fourth-order valence-electron chi connectivity index (χ4n) is 2.59. The predicted molar refractivity (Wildman–Crippen MR) is 73.1 cm³/mol. The summed E-state index contributed by atoms with van der Waals surface area (Å²) in [6.07, 6.45) is 2.34. The van der Waals surface area contributed by atoms with E-state index in [9.17, 15) is 4.79 Å². The summed E-state index contributed by atoms with van der Waals surface area (Å²) in [7, 11) is 4.24. The maximum Gasteiger partial charge on any atom is 0.252 e. The molecule has 1 aromatic heterocycles. The second kappa shape index (κ2) is 5.52. The minimum atomic E-state index is -0.0621. The third kappa shape index (κ3) is 3.32. The molecule has 1 saturated heterocycles. The highest BCUT2D eigenvalue weighted by molar-refractivity contribution is 5.37. The minimum absolute atomic E-state index is 0.0621. The fourth-order valence-corrected chi connectivity index (χ4v) is 2.59. The maximum absolute atomic E-state index is 11.4. The van der Waals surface area contributed by atoms with Crippen molar-refractivity contribution in [2.24, 2.45) is 5.92 Å². The smallest absolute Gasteiger partial charge is 0.252 e. The number of nitrogens with zero attached hydrogens (tertiary/aromatic N) is 3. The van der Waals surface area contributed by atoms with Crippen molar-refractivity contribution in [2.45, 2.75) is 19.8 Å². The number of H-pyrrole nitrogens is 1. The molecule has 100 valence electrons. The molecule has 0 atom stereocenters. The molecule has 1 aromatic rings. The zero-order valence-corrected chi connectivity index (χ0v) is 11.4. The summed E-state index contributed by atoms with van der Waals surface area (Å²) in [5.41, 5.74) is -0.0621. The van der Waals surface area contributed by atoms with Crippen LogP contribution in [-0.4, -0.2) is 48.6 Å². The van der Waals surface area contributed by atoms with Crippen molar-refractivity contribution in [3.05, 3.63) is 22.2 Å². The van der Waals surface area contributed by atoms with Crippen molar-refractivity contribution in [2.75, 3.05) is 38.6 Å². The first-order valence-corrected chi connectivity index (χ1v) is 6.52. The van der Waals surface area contributed by atoms with Crippen LogP contribution in [0.3, 0.4) is 0 Å². The Morgan fingerprint density at radius 1 is 1.44 bits per heavy atom. The highest BCUT2D eigenvalue weighted by Crippen LogP contribution is 2.21. The lowest BCUT2D eigenvalue weighted by molar-refractivity contribution is 0.284. The van der Waals surface area contributed by atoms with E-state index in [4.69, 9.17) is 0 Å². The Morgan fingerprint density at radius 2 is 2.11 bits per heavy atom. The zero-order chi connectivity index (χ0) is 13.1. The fraction of sp³-hybridized carbons (Fsp3) is 0.692. The molecule has 5 heteroatoms. The molecular weight excluding hydrogens is 228 g/mol. The van der Waals surface area contributed by atoms with E-state index in [1.165, 1.54) is 12.8 Å². The number of hydrogen-bond donors (Lipinski definition) is 1. The van der Waals surface area contributed by atoms with E-state index in [1.54, 1.807) is 6.07 Å². The van der Waals surface area contributed by atoms with Crippen molar-refractivity contribution >= 4 is 5.82 Å². The van der Waals surface area contributed by atoms with Crippen molar-refractivity contribution < 1.29 is 0 Å². The van der Waals surface area contributed by atoms with Gasteiger partial charge in [-0.1, -0.05) is 0 Å². The number of aryl methyl sites for hydroxylation is 1. The molecule has 1 aliphatic rings. The molecule has 0 aliphatic carbocycles. The molecule has 0 saturated carbocycles. The monoisotopic (exact) mass is 250 g/mol. The van der Waals surface area contributed by atoms with Crippen molar-refractivity contribution in [1.29, 1.82) is 0 Å². The highest BCUT2D eigenvalue weighted by Gasteiger charge is 2.20. The van der Waals surface area contributed by atoms with Gasteiger partial charge in [0.1, 0.15) is 11.6 Å². The summed E-state index contributed by atoms with van der Waals surface area (Å²) in [6, 6.07) is 1.60. The topological polar surface area (TPSA) is 52.2 Å². The first-order chi connectivity index (χ1) is 8.54. The molecular formula is C13H22N4O. The molecule has 2 heterocycles. The normalized spacial score (nSPS) is 17.4. The van der Waals surface area contributed by atoms with Gasteiger partial charge in [0.15, 0.2) is 0 Å². The lowest BCUT2D eigenvalue weighted by Gasteiger charge is -2.33. The predicted octanol–water partition coefficient (Wildman–Crippen LogP) is 0.856. The molecule has 2 rings (SSSR count). The van der Waals surface area contributed by atoms with E-state index in [0.717, 1.165) is 31.4 Å². The van der Waals surface area contributed by atoms with E-state index in [0.29, 0.717) is 5.82 Å². The third-order valence-electron chi connectivity index (χ3n) is 3.41. The Bertz CT molecular complexity index is 447. The number of piperidine rings is 1. The summed E-state index contributed by atoms with van der Waals surface area (Å²) in [4.78, 5) is 23.0. The molecule has 5 nitrogen and oxygen atoms in total. The van der Waals surface area contributed by atoms with Crippen molar-refractivity contribution in [1.82, 2.24) is 14.9 Å². The second-order valence-electron chi connectivity index (χ2n) is 5.38. The van der Waals surface area contributed by atoms with Gasteiger partial charge in [0, 0.05) is 25.7 Å². The Balaban J connectivity index is 1.99. The minimum Gasteiger partial charge on any atom is -0.356 e. The molecule has 1 N–H and O–H groups in total. The number of nitrogens with one attached hydrogen (secondary N) is 1. The molecule has 1 aliphatic heterocycles. The van der Waals surface area contributed by atoms with Crippen LogP contribution >= 0.6 is 0 Å². The van der Waals surface area contributed by atoms with Gasteiger partial charge in [0.05, 0.1) is 0 Å². The van der Waals surface area contributed by atoms with Crippen LogP contribution in [0, 0.1) is 12.8 Å². The summed E-state index contributed by atoms with van der Waals surface area (Å²) < 4.78 is 0. The van der Waals surface area contributed by atoms with Gasteiger partial charge in [0.2, 0.25) is 0 Å². The van der Waals surface area contributed by atoms with Crippen LogP contribution in [0.25, 0.3) is 0 Å². The van der Waals surface area contributed by atoms with E-state index in [2.05, 4.69) is 33.9 Å². The Labute approximate surface area is 108 Å². The van der Waals surface area contributed by atoms with Crippen molar-refractivity contribution in [3.8, 4) is 0 Å². The van der Waals surface area contributed by atoms with Crippen LogP contribution in [0.15, 0.2) is 10.9 Å². The molecule has 18 heavy (non-hydrogen) atoms. The van der Waals surface area contributed by atoms with Gasteiger partial charge in [-0.15, -0.1) is 0 Å². The number of anilines is 1. The van der Waals surface area contributed by atoms with Gasteiger partial charge in [-0.2, -0.15) is 0 Å². The molecule has 0 radical (unpaired) electrons. The first kappa shape index (κ1) is 13.1. The van der Waals surface area contributed by atoms with E-state index < -0.39 is 0 Å². The zero-order valence-electron chi connectivity index (χ0n) is 11.4. The van der Waals surface area contributed by atoms with Gasteiger partial charge >= 0.3 is 0 Å². The highest BCUT2D eigenvalue weighted by atomic mass is 16.1. The number of hydrogen-bond acceptors (Lipinski definition) is 4. The lowest BCUT2D eigenvalue weighted by Crippen LogP contribution is -2.38. The summed E-state index contributed by atoms with van der Waals surface area (Å²) in [5, 5.41) is 0. The summed E-state index contributed by atoms with van der Waals surface area (Å²) in [6.45, 7) is 4.96. The van der Waals surface area contributed by atoms with Crippen LogP contribution in [0.4, 0.5) is 5.82 Å². The average molecular weight is 250 g/mol. The van der Waals surface area contributed by atoms with Gasteiger partial charge in [-0.05, 0) is 39.8 Å². The van der Waals surface area contributed by atoms with E-state index >= 15 is 0 Å². The maximum atomic E-state index is 11.4. The Morgan fingerprint density at radius 3 is 2.67 bits per heavy atom. The molecule has 0 bridgehead atoms. The standard InChI is InChI=1S/C13H22N4O/c1-10-14-12(8-13(18)15-10)17-6-4-11(5-7-17)9-16(2)3/h8,11H,4-7,9H2,1-3H3,(H,14,15,18). The van der Waals surface area contributed by atoms with Gasteiger partial charge in [0.25, 0.3) is 5.56 Å². The number of aromatic amines is 1. The summed E-state index contributed by atoms with van der Waals surface area (Å²) in [5.74, 6) is 2.27. The molecule has 0 unspecified atom stereocenters. The van der Waals surface area contributed by atoms with Crippen LogP contribution in [-0.2, 0) is 0 Å². The van der Waals surface area contributed by atoms with Crippen molar-refractivity contribution in [3.63, 3.8) is 0 Å². The average Bonchev–Trinajstić information content (AvgIpc) is 2.27. The van der Waals surface area contributed by atoms with E-state index in [1.807, 2.05) is 6.92 Å². The molecule has 1 fully saturated rings. The van der Waals surface area contributed by atoms with Gasteiger partial charge in [-0.3, -0.25) is 4.79 Å². The molecule has 0 amide bonds. The van der Waals surface area contributed by atoms with Gasteiger partial charge < -0.3 is 14.8 Å². The number of aromatic nitrogens is 2. The molecule has 0 spiro atoms. The number of rotatable bonds is 3. The Kier molecular flexibility index (Phi) is 4.01. The Hall–Kier alpha value is -1.36. The second-order valence-corrected chi connectivity index (χ2v) is 5.38.